The van der Waals surface area contributed by atoms with E-state index in [0.29, 0.717) is 11.2 Å². The first-order valence-corrected chi connectivity index (χ1v) is 8.50. The molecule has 1 amide bonds. The fourth-order valence-corrected chi connectivity index (χ4v) is 3.15. The molecular weight excluding hydrogens is 338 g/mol. The first kappa shape index (κ1) is 16.6. The zero-order valence-corrected chi connectivity index (χ0v) is 14.3. The summed E-state index contributed by atoms with van der Waals surface area (Å²) in [6, 6.07) is 7.49. The van der Waals surface area contributed by atoms with E-state index in [2.05, 4.69) is 9.97 Å². The molecule has 26 heavy (non-hydrogen) atoms. The van der Waals surface area contributed by atoms with Crippen LogP contribution in [-0.2, 0) is 0 Å². The standard InChI is InChI=1S/C19H18F2N4O/c1-13-2-3-16(22-11-13)25-7-4-14-10-15(12-23-17(14)25)18(26)24-8-5-19(20,21)6-9-24/h2-4,7,10-12H,5-6,8-9H2,1H3. The molecular formula is C19H18F2N4O. The molecule has 1 aliphatic rings. The van der Waals surface area contributed by atoms with Crippen LogP contribution < -0.4 is 0 Å². The van der Waals surface area contributed by atoms with Crippen LogP contribution in [-0.4, -0.2) is 44.4 Å². The van der Waals surface area contributed by atoms with Crippen molar-refractivity contribution in [3.63, 3.8) is 0 Å². The highest BCUT2D eigenvalue weighted by Crippen LogP contribution is 2.28. The number of hydrogen-bond acceptors (Lipinski definition) is 3. The Balaban J connectivity index is 1.61. The molecule has 134 valence electrons. The van der Waals surface area contributed by atoms with E-state index in [-0.39, 0.29) is 31.8 Å². The molecule has 1 aliphatic heterocycles. The topological polar surface area (TPSA) is 51.0 Å². The lowest BCUT2D eigenvalue weighted by Gasteiger charge is -2.31. The second kappa shape index (κ2) is 6.16. The first-order chi connectivity index (χ1) is 12.4. The van der Waals surface area contributed by atoms with Gasteiger partial charge in [-0.1, -0.05) is 6.07 Å². The van der Waals surface area contributed by atoms with Crippen LogP contribution in [0.4, 0.5) is 8.78 Å². The van der Waals surface area contributed by atoms with Crippen molar-refractivity contribution in [1.82, 2.24) is 19.4 Å². The van der Waals surface area contributed by atoms with Crippen LogP contribution in [0.5, 0.6) is 0 Å². The Morgan fingerprint density at radius 2 is 1.88 bits per heavy atom. The third-order valence-electron chi connectivity index (χ3n) is 4.70. The van der Waals surface area contributed by atoms with Gasteiger partial charge in [-0.25, -0.2) is 18.7 Å². The molecule has 5 nitrogen and oxygen atoms in total. The van der Waals surface area contributed by atoms with Crippen molar-refractivity contribution in [3.05, 3.63) is 54.0 Å². The van der Waals surface area contributed by atoms with Crippen LogP contribution >= 0.6 is 0 Å². The highest BCUT2D eigenvalue weighted by Gasteiger charge is 2.35. The maximum atomic E-state index is 13.3. The van der Waals surface area contributed by atoms with Crippen LogP contribution in [0.2, 0.25) is 0 Å². The van der Waals surface area contributed by atoms with E-state index in [1.165, 1.54) is 11.1 Å². The summed E-state index contributed by atoms with van der Waals surface area (Å²) in [6.07, 6.45) is 4.56. The summed E-state index contributed by atoms with van der Waals surface area (Å²) in [7, 11) is 0. The lowest BCUT2D eigenvalue weighted by atomic mass is 10.1. The molecule has 3 aromatic heterocycles. The van der Waals surface area contributed by atoms with Crippen molar-refractivity contribution >= 4 is 16.9 Å². The monoisotopic (exact) mass is 356 g/mol. The Hall–Kier alpha value is -2.83. The van der Waals surface area contributed by atoms with Gasteiger partial charge in [0.2, 0.25) is 0 Å². The van der Waals surface area contributed by atoms with E-state index in [1.54, 1.807) is 12.3 Å². The third kappa shape index (κ3) is 3.05. The minimum Gasteiger partial charge on any atom is -0.338 e. The number of rotatable bonds is 2. The summed E-state index contributed by atoms with van der Waals surface area (Å²) < 4.78 is 28.4. The smallest absolute Gasteiger partial charge is 0.255 e. The lowest BCUT2D eigenvalue weighted by Crippen LogP contribution is -2.42. The number of amides is 1. The fraction of sp³-hybridized carbons (Fsp3) is 0.316. The average Bonchev–Trinajstić information content (AvgIpc) is 3.05. The van der Waals surface area contributed by atoms with Crippen LogP contribution in [0, 0.1) is 6.92 Å². The molecule has 0 unspecified atom stereocenters. The van der Waals surface area contributed by atoms with Crippen LogP contribution in [0.3, 0.4) is 0 Å². The van der Waals surface area contributed by atoms with Gasteiger partial charge in [0.05, 0.1) is 5.56 Å². The van der Waals surface area contributed by atoms with Crippen LogP contribution in [0.25, 0.3) is 16.9 Å². The van der Waals surface area contributed by atoms with Gasteiger partial charge < -0.3 is 4.90 Å². The first-order valence-electron chi connectivity index (χ1n) is 8.50. The summed E-state index contributed by atoms with van der Waals surface area (Å²) >= 11 is 0. The van der Waals surface area contributed by atoms with Gasteiger partial charge in [0.15, 0.2) is 0 Å². The molecule has 0 aromatic carbocycles. The largest absolute Gasteiger partial charge is 0.338 e. The summed E-state index contributed by atoms with van der Waals surface area (Å²) in [6.45, 7) is 2.10. The molecule has 1 fully saturated rings. The number of aryl methyl sites for hydroxylation is 1. The molecule has 0 bridgehead atoms. The van der Waals surface area contributed by atoms with Gasteiger partial charge in [0.25, 0.3) is 11.8 Å². The SMILES string of the molecule is Cc1ccc(-n2ccc3cc(C(=O)N4CCC(F)(F)CC4)cnc32)nc1. The highest BCUT2D eigenvalue weighted by molar-refractivity contribution is 5.97. The van der Waals surface area contributed by atoms with Crippen LogP contribution in [0.1, 0.15) is 28.8 Å². The zero-order chi connectivity index (χ0) is 18.3. The average molecular weight is 356 g/mol. The molecule has 0 atom stereocenters. The number of pyridine rings is 2. The van der Waals surface area contributed by atoms with Crippen molar-refractivity contribution in [2.24, 2.45) is 0 Å². The summed E-state index contributed by atoms with van der Waals surface area (Å²) in [5.41, 5.74) is 2.18. The molecule has 4 heterocycles. The van der Waals surface area contributed by atoms with E-state index >= 15 is 0 Å². The number of hydrogen-bond donors (Lipinski definition) is 0. The highest BCUT2D eigenvalue weighted by atomic mass is 19.3. The predicted octanol–water partition coefficient (Wildman–Crippen LogP) is 3.60. The minimum absolute atomic E-state index is 0.0676. The molecule has 0 radical (unpaired) electrons. The Morgan fingerprint density at radius 3 is 2.58 bits per heavy atom. The van der Waals surface area contributed by atoms with Crippen molar-refractivity contribution in [1.29, 1.82) is 0 Å². The van der Waals surface area contributed by atoms with Gasteiger partial charge in [-0.3, -0.25) is 9.36 Å². The molecule has 7 heteroatoms. The Labute approximate surface area is 149 Å². The normalized spacial score (nSPS) is 16.8. The Kier molecular flexibility index (Phi) is 3.94. The van der Waals surface area contributed by atoms with Crippen molar-refractivity contribution in [2.45, 2.75) is 25.7 Å². The van der Waals surface area contributed by atoms with Crippen molar-refractivity contribution in [2.75, 3.05) is 13.1 Å². The third-order valence-corrected chi connectivity index (χ3v) is 4.70. The van der Waals surface area contributed by atoms with Gasteiger partial charge in [-0.15, -0.1) is 0 Å². The number of piperidine rings is 1. The number of aromatic nitrogens is 3. The quantitative estimate of drug-likeness (QED) is 0.705. The number of nitrogens with zero attached hydrogens (tertiary/aromatic N) is 4. The van der Waals surface area contributed by atoms with Gasteiger partial charge in [0.1, 0.15) is 11.5 Å². The lowest BCUT2D eigenvalue weighted by molar-refractivity contribution is -0.0494. The second-order valence-electron chi connectivity index (χ2n) is 6.66. The van der Waals surface area contributed by atoms with Crippen molar-refractivity contribution < 1.29 is 13.6 Å². The zero-order valence-electron chi connectivity index (χ0n) is 14.3. The number of fused-ring (bicyclic) bond motifs is 1. The van der Waals surface area contributed by atoms with Crippen LogP contribution in [0.15, 0.2) is 42.9 Å². The number of carbonyl (C=O) groups is 1. The Bertz CT molecular complexity index is 955. The fourth-order valence-electron chi connectivity index (χ4n) is 3.15. The number of halogens is 2. The number of alkyl halides is 2. The predicted molar refractivity (Wildman–Crippen MR) is 93.7 cm³/mol. The molecule has 4 rings (SSSR count). The number of likely N-dealkylation sites (tertiary alicyclic amines) is 1. The summed E-state index contributed by atoms with van der Waals surface area (Å²) in [5.74, 6) is -2.18. The summed E-state index contributed by atoms with van der Waals surface area (Å²) in [4.78, 5) is 22.9. The van der Waals surface area contributed by atoms with E-state index in [9.17, 15) is 13.6 Å². The summed E-state index contributed by atoms with van der Waals surface area (Å²) in [5, 5.41) is 0.806. The maximum absolute atomic E-state index is 13.3. The van der Waals surface area contributed by atoms with E-state index in [1.807, 2.05) is 35.9 Å². The van der Waals surface area contributed by atoms with E-state index < -0.39 is 5.92 Å². The molecule has 0 aliphatic carbocycles. The molecule has 0 N–H and O–H groups in total. The molecule has 1 saturated heterocycles. The molecule has 0 spiro atoms. The maximum Gasteiger partial charge on any atom is 0.255 e. The molecule has 0 saturated carbocycles. The van der Waals surface area contributed by atoms with Gasteiger partial charge in [0, 0.05) is 49.9 Å². The van der Waals surface area contributed by atoms with E-state index in [0.717, 1.165) is 16.8 Å². The van der Waals surface area contributed by atoms with E-state index in [4.69, 9.17) is 0 Å². The Morgan fingerprint density at radius 1 is 1.12 bits per heavy atom. The van der Waals surface area contributed by atoms with Crippen molar-refractivity contribution in [3.8, 4) is 5.82 Å². The minimum atomic E-state index is -2.67. The molecule has 3 aromatic rings. The number of carbonyl (C=O) groups excluding carboxylic acids is 1. The van der Waals surface area contributed by atoms with Gasteiger partial charge >= 0.3 is 0 Å². The van der Waals surface area contributed by atoms with Gasteiger partial charge in [-0.2, -0.15) is 0 Å². The second-order valence-corrected chi connectivity index (χ2v) is 6.66. The van der Waals surface area contributed by atoms with Gasteiger partial charge in [-0.05, 0) is 30.7 Å².